The average molecular weight is 184 g/mol. The van der Waals surface area contributed by atoms with Gasteiger partial charge in [-0.2, -0.15) is 0 Å². The number of rotatable bonds is 0. The van der Waals surface area contributed by atoms with Gasteiger partial charge in [-0.25, -0.2) is 0 Å². The summed E-state index contributed by atoms with van der Waals surface area (Å²) in [4.78, 5) is 0. The number of aryl methyl sites for hydroxylation is 2. The number of benzene rings is 1. The van der Waals surface area contributed by atoms with Crippen molar-refractivity contribution in [3.63, 3.8) is 0 Å². The zero-order valence-electron chi connectivity index (χ0n) is 8.98. The molecule has 1 aliphatic carbocycles. The molecule has 1 aromatic rings. The summed E-state index contributed by atoms with van der Waals surface area (Å²) >= 11 is 0. The molecule has 0 bridgehead atoms. The van der Waals surface area contributed by atoms with Crippen LogP contribution in [0.3, 0.4) is 0 Å². The van der Waals surface area contributed by atoms with E-state index >= 15 is 0 Å². The molecular weight excluding hydrogens is 168 g/mol. The van der Waals surface area contributed by atoms with Crippen LogP contribution in [0, 0.1) is 13.8 Å². The van der Waals surface area contributed by atoms with Crippen LogP contribution in [-0.4, -0.2) is 0 Å². The normalized spacial score (nSPS) is 15.6. The van der Waals surface area contributed by atoms with E-state index in [2.05, 4.69) is 39.1 Å². The maximum Gasteiger partial charge on any atom is -0.0150 e. The van der Waals surface area contributed by atoms with Crippen LogP contribution < -0.4 is 0 Å². The molecule has 0 aromatic heterocycles. The smallest absolute Gasteiger partial charge is 0.0150 e. The molecule has 0 saturated carbocycles. The van der Waals surface area contributed by atoms with Crippen molar-refractivity contribution in [2.75, 3.05) is 0 Å². The van der Waals surface area contributed by atoms with Gasteiger partial charge in [0.2, 0.25) is 0 Å². The molecule has 1 aliphatic rings. The molecule has 1 aromatic carbocycles. The highest BCUT2D eigenvalue weighted by molar-refractivity contribution is 5.81. The second-order valence-electron chi connectivity index (χ2n) is 4.19. The van der Waals surface area contributed by atoms with Gasteiger partial charge in [0, 0.05) is 0 Å². The van der Waals surface area contributed by atoms with Crippen molar-refractivity contribution in [3.8, 4) is 0 Å². The Balaban J connectivity index is 2.65. The quantitative estimate of drug-likeness (QED) is 0.575. The fraction of sp³-hybridized carbons (Fsp3) is 0.286. The van der Waals surface area contributed by atoms with E-state index in [1.165, 1.54) is 27.8 Å². The van der Waals surface area contributed by atoms with Crippen LogP contribution in [0.5, 0.6) is 0 Å². The van der Waals surface area contributed by atoms with Crippen molar-refractivity contribution < 1.29 is 0 Å². The molecule has 0 radical (unpaired) electrons. The van der Waals surface area contributed by atoms with Gasteiger partial charge in [-0.3, -0.25) is 0 Å². The average Bonchev–Trinajstić information content (AvgIpc) is 2.12. The molecule has 0 heterocycles. The van der Waals surface area contributed by atoms with Crippen LogP contribution in [0.2, 0.25) is 0 Å². The third-order valence-corrected chi connectivity index (χ3v) is 3.05. The van der Waals surface area contributed by atoms with Crippen LogP contribution in [0.15, 0.2) is 30.9 Å². The largest absolute Gasteiger partial charge is 0.0952 e. The van der Waals surface area contributed by atoms with Crippen molar-refractivity contribution in [1.29, 1.82) is 0 Å². The zero-order chi connectivity index (χ0) is 10.3. The fourth-order valence-corrected chi connectivity index (χ4v) is 2.22. The van der Waals surface area contributed by atoms with Gasteiger partial charge in [0.25, 0.3) is 0 Å². The monoisotopic (exact) mass is 184 g/mol. The van der Waals surface area contributed by atoms with Crippen molar-refractivity contribution >= 4 is 5.57 Å². The SMILES string of the molecule is C=C1CCc2c(C)cc(C)cc2C1=C. The van der Waals surface area contributed by atoms with Crippen LogP contribution in [0.25, 0.3) is 5.57 Å². The van der Waals surface area contributed by atoms with Crippen molar-refractivity contribution in [3.05, 3.63) is 53.1 Å². The Bertz CT molecular complexity index is 422. The molecule has 0 amide bonds. The summed E-state index contributed by atoms with van der Waals surface area (Å²) in [5.74, 6) is 0. The fourth-order valence-electron chi connectivity index (χ4n) is 2.22. The Morgan fingerprint density at radius 3 is 2.50 bits per heavy atom. The summed E-state index contributed by atoms with van der Waals surface area (Å²) in [5, 5.41) is 0. The lowest BCUT2D eigenvalue weighted by Crippen LogP contribution is -2.06. The van der Waals surface area contributed by atoms with E-state index in [-0.39, 0.29) is 0 Å². The predicted molar refractivity (Wildman–Crippen MR) is 62.4 cm³/mol. The van der Waals surface area contributed by atoms with Gasteiger partial charge in [0.05, 0.1) is 0 Å². The molecule has 0 heteroatoms. The molecule has 2 rings (SSSR count). The van der Waals surface area contributed by atoms with Gasteiger partial charge in [-0.1, -0.05) is 30.9 Å². The van der Waals surface area contributed by atoms with Crippen molar-refractivity contribution in [1.82, 2.24) is 0 Å². The van der Waals surface area contributed by atoms with Crippen LogP contribution in [0.1, 0.15) is 28.7 Å². The first kappa shape index (κ1) is 9.26. The van der Waals surface area contributed by atoms with E-state index in [1.807, 2.05) is 0 Å². The maximum absolute atomic E-state index is 4.12. The third-order valence-electron chi connectivity index (χ3n) is 3.05. The van der Waals surface area contributed by atoms with Gasteiger partial charge >= 0.3 is 0 Å². The minimum Gasteiger partial charge on any atom is -0.0952 e. The predicted octanol–water partition coefficient (Wildman–Crippen LogP) is 3.82. The molecular formula is C14H16. The van der Waals surface area contributed by atoms with E-state index in [0.29, 0.717) is 0 Å². The summed E-state index contributed by atoms with van der Waals surface area (Å²) in [5.41, 5.74) is 7.83. The van der Waals surface area contributed by atoms with E-state index in [1.54, 1.807) is 0 Å². The highest BCUT2D eigenvalue weighted by Gasteiger charge is 2.17. The number of fused-ring (bicyclic) bond motifs is 1. The van der Waals surface area contributed by atoms with Gasteiger partial charge in [0.1, 0.15) is 0 Å². The second-order valence-corrected chi connectivity index (χ2v) is 4.19. The van der Waals surface area contributed by atoms with E-state index < -0.39 is 0 Å². The van der Waals surface area contributed by atoms with Gasteiger partial charge < -0.3 is 0 Å². The lowest BCUT2D eigenvalue weighted by molar-refractivity contribution is 0.930. The molecule has 0 fully saturated rings. The summed E-state index contributed by atoms with van der Waals surface area (Å²) in [6, 6.07) is 4.48. The molecule has 0 N–H and O–H groups in total. The first-order valence-electron chi connectivity index (χ1n) is 5.07. The number of hydrogen-bond donors (Lipinski definition) is 0. The Morgan fingerprint density at radius 1 is 1.07 bits per heavy atom. The number of allylic oxidation sites excluding steroid dienone is 2. The highest BCUT2D eigenvalue weighted by Crippen LogP contribution is 2.34. The molecule has 0 nitrogen and oxygen atoms in total. The summed E-state index contributed by atoms with van der Waals surface area (Å²) in [6.07, 6.45) is 2.19. The summed E-state index contributed by atoms with van der Waals surface area (Å²) in [7, 11) is 0. The summed E-state index contributed by atoms with van der Waals surface area (Å²) in [6.45, 7) is 12.5. The van der Waals surface area contributed by atoms with Gasteiger partial charge in [-0.15, -0.1) is 0 Å². The lowest BCUT2D eigenvalue weighted by atomic mass is 9.82. The van der Waals surface area contributed by atoms with Crippen LogP contribution in [0.4, 0.5) is 0 Å². The molecule has 0 aliphatic heterocycles. The Hall–Kier alpha value is -1.30. The minimum atomic E-state index is 1.07. The molecule has 0 spiro atoms. The molecule has 72 valence electrons. The number of hydrogen-bond acceptors (Lipinski definition) is 0. The Morgan fingerprint density at radius 2 is 1.79 bits per heavy atom. The van der Waals surface area contributed by atoms with Crippen molar-refractivity contribution in [2.24, 2.45) is 0 Å². The molecule has 0 unspecified atom stereocenters. The first-order chi connectivity index (χ1) is 6.59. The van der Waals surface area contributed by atoms with Gasteiger partial charge in [-0.05, 0) is 54.5 Å². The van der Waals surface area contributed by atoms with E-state index in [9.17, 15) is 0 Å². The first-order valence-corrected chi connectivity index (χ1v) is 5.07. The molecule has 14 heavy (non-hydrogen) atoms. The summed E-state index contributed by atoms with van der Waals surface area (Å²) < 4.78 is 0. The Labute approximate surface area is 86.0 Å². The highest BCUT2D eigenvalue weighted by atomic mass is 14.2. The minimum absolute atomic E-state index is 1.07. The third kappa shape index (κ3) is 1.31. The zero-order valence-corrected chi connectivity index (χ0v) is 8.98. The van der Waals surface area contributed by atoms with Crippen molar-refractivity contribution in [2.45, 2.75) is 26.7 Å². The second kappa shape index (κ2) is 3.13. The van der Waals surface area contributed by atoms with Crippen LogP contribution in [-0.2, 0) is 6.42 Å². The van der Waals surface area contributed by atoms with E-state index in [4.69, 9.17) is 0 Å². The topological polar surface area (TPSA) is 0 Å². The molecule has 0 saturated heterocycles. The standard InChI is InChI=1S/C14H16/c1-9-7-11(3)13-6-5-10(2)12(4)14(13)8-9/h7-8H,2,4-6H2,1,3H3. The lowest BCUT2D eigenvalue weighted by Gasteiger charge is -2.22. The van der Waals surface area contributed by atoms with Gasteiger partial charge in [0.15, 0.2) is 0 Å². The Kier molecular flexibility index (Phi) is 2.07. The maximum atomic E-state index is 4.12. The van der Waals surface area contributed by atoms with E-state index in [0.717, 1.165) is 18.4 Å². The molecule has 0 atom stereocenters. The van der Waals surface area contributed by atoms with Crippen LogP contribution >= 0.6 is 0 Å².